The maximum atomic E-state index is 12.4. The first-order valence-corrected chi connectivity index (χ1v) is 12.7. The third kappa shape index (κ3) is 4.79. The number of anilines is 2. The summed E-state index contributed by atoms with van der Waals surface area (Å²) in [5, 5.41) is 15.5. The summed E-state index contributed by atoms with van der Waals surface area (Å²) in [5.74, 6) is 0.801. The smallest absolute Gasteiger partial charge is 0.407 e. The normalized spacial score (nSPS) is 18.5. The van der Waals surface area contributed by atoms with E-state index in [0.29, 0.717) is 13.0 Å². The number of carbonyl (C=O) groups excluding carboxylic acids is 1. The Morgan fingerprint density at radius 3 is 3.11 bits per heavy atom. The van der Waals surface area contributed by atoms with Crippen molar-refractivity contribution in [1.29, 1.82) is 0 Å². The first kappa shape index (κ1) is 22.2. The van der Waals surface area contributed by atoms with Crippen LogP contribution < -0.4 is 10.6 Å². The predicted octanol–water partition coefficient (Wildman–Crippen LogP) is 3.23. The molecule has 4 aromatic rings. The highest BCUT2D eigenvalue weighted by atomic mass is 32.1. The van der Waals surface area contributed by atoms with Gasteiger partial charge in [0.05, 0.1) is 30.3 Å². The third-order valence-corrected chi connectivity index (χ3v) is 7.74. The van der Waals surface area contributed by atoms with E-state index in [1.165, 1.54) is 10.4 Å². The molecule has 1 atom stereocenters. The predicted molar refractivity (Wildman–Crippen MR) is 134 cm³/mol. The second kappa shape index (κ2) is 9.76. The van der Waals surface area contributed by atoms with Crippen LogP contribution in [0.3, 0.4) is 0 Å². The molecule has 35 heavy (non-hydrogen) atoms. The third-order valence-electron chi connectivity index (χ3n) is 6.58. The summed E-state index contributed by atoms with van der Waals surface area (Å²) >= 11 is 1.66. The molecule has 1 saturated heterocycles. The van der Waals surface area contributed by atoms with Gasteiger partial charge in [-0.25, -0.2) is 14.8 Å². The second-order valence-electron chi connectivity index (χ2n) is 8.85. The first-order chi connectivity index (χ1) is 17.2. The van der Waals surface area contributed by atoms with Crippen LogP contribution in [0.15, 0.2) is 30.7 Å². The Labute approximate surface area is 206 Å². The number of nitrogens with zero attached hydrogens (tertiary/aromatic N) is 4. The molecule has 10 nitrogen and oxygen atoms in total. The molecule has 0 bridgehead atoms. The number of morpholine rings is 1. The molecule has 0 spiro atoms. The number of carbonyl (C=O) groups is 1. The average molecular weight is 494 g/mol. The Morgan fingerprint density at radius 1 is 1.29 bits per heavy atom. The van der Waals surface area contributed by atoms with E-state index in [0.717, 1.165) is 78.3 Å². The average Bonchev–Trinajstić information content (AvgIpc) is 3.49. The highest BCUT2D eigenvalue weighted by molar-refractivity contribution is 7.19. The van der Waals surface area contributed by atoms with Crippen LogP contribution in [0.25, 0.3) is 21.1 Å². The van der Waals surface area contributed by atoms with Crippen molar-refractivity contribution in [2.75, 3.05) is 44.7 Å². The molecule has 1 aromatic carbocycles. The number of ether oxygens (including phenoxy) is 2. The zero-order chi connectivity index (χ0) is 23.6. The molecule has 1 fully saturated rings. The van der Waals surface area contributed by atoms with Gasteiger partial charge in [-0.2, -0.15) is 5.10 Å². The number of aromatic nitrogens is 4. The van der Waals surface area contributed by atoms with Gasteiger partial charge in [0.2, 0.25) is 0 Å². The Balaban J connectivity index is 1.11. The van der Waals surface area contributed by atoms with Gasteiger partial charge in [0, 0.05) is 48.6 Å². The van der Waals surface area contributed by atoms with Gasteiger partial charge >= 0.3 is 6.09 Å². The number of aromatic amines is 1. The van der Waals surface area contributed by atoms with Gasteiger partial charge in [-0.05, 0) is 36.6 Å². The summed E-state index contributed by atoms with van der Waals surface area (Å²) in [5.41, 5.74) is 3.20. The van der Waals surface area contributed by atoms with Crippen molar-refractivity contribution in [3.8, 4) is 0 Å². The lowest BCUT2D eigenvalue weighted by molar-refractivity contribution is 0.0377. The molecular weight excluding hydrogens is 466 g/mol. The van der Waals surface area contributed by atoms with E-state index in [2.05, 4.69) is 35.7 Å². The second-order valence-corrected chi connectivity index (χ2v) is 9.94. The van der Waals surface area contributed by atoms with Crippen LogP contribution in [0.2, 0.25) is 0 Å². The van der Waals surface area contributed by atoms with Crippen molar-refractivity contribution < 1.29 is 14.3 Å². The van der Waals surface area contributed by atoms with Crippen LogP contribution >= 0.6 is 11.3 Å². The van der Waals surface area contributed by atoms with Gasteiger partial charge in [-0.15, -0.1) is 11.3 Å². The standard InChI is InChI=1S/C24H27N7O3S/c32-24(25-5-6-31-7-9-33-10-8-31)34-17-2-3-18-20(12-17)35-23-21(18)22(26-14-27-23)29-16-1-4-19-15(11-16)13-28-30-19/h1,4,11,13-14,17H,2-3,5-10,12H2,(H,25,32)(H,28,30)(H,26,27,29). The quantitative estimate of drug-likeness (QED) is 0.375. The SMILES string of the molecule is O=C(NCCN1CCOCC1)OC1CCc2c(sc3ncnc(Nc4ccc5[nH]ncc5c4)c23)C1. The number of nitrogens with one attached hydrogen (secondary N) is 3. The minimum atomic E-state index is -0.343. The van der Waals surface area contributed by atoms with E-state index in [9.17, 15) is 4.79 Å². The van der Waals surface area contributed by atoms with E-state index in [1.54, 1.807) is 17.7 Å². The number of aryl methyl sites for hydroxylation is 1. The Bertz CT molecular complexity index is 1350. The molecule has 182 valence electrons. The summed E-state index contributed by atoms with van der Waals surface area (Å²) in [6.07, 6.45) is 5.24. The summed E-state index contributed by atoms with van der Waals surface area (Å²) in [4.78, 5) is 25.9. The van der Waals surface area contributed by atoms with Crippen LogP contribution in [0.5, 0.6) is 0 Å². The molecule has 0 radical (unpaired) electrons. The van der Waals surface area contributed by atoms with Crippen LogP contribution in [0, 0.1) is 0 Å². The highest BCUT2D eigenvalue weighted by Crippen LogP contribution is 2.39. The largest absolute Gasteiger partial charge is 0.446 e. The van der Waals surface area contributed by atoms with Gasteiger partial charge in [0.25, 0.3) is 0 Å². The van der Waals surface area contributed by atoms with E-state index < -0.39 is 0 Å². The summed E-state index contributed by atoms with van der Waals surface area (Å²) in [6, 6.07) is 6.06. The number of amides is 1. The number of H-pyrrole nitrogens is 1. The van der Waals surface area contributed by atoms with Gasteiger partial charge in [-0.1, -0.05) is 0 Å². The van der Waals surface area contributed by atoms with Crippen molar-refractivity contribution in [1.82, 2.24) is 30.4 Å². The highest BCUT2D eigenvalue weighted by Gasteiger charge is 2.27. The molecule has 1 aliphatic heterocycles. The number of rotatable bonds is 6. The lowest BCUT2D eigenvalue weighted by atomic mass is 9.94. The fourth-order valence-corrected chi connectivity index (χ4v) is 6.02. The minimum absolute atomic E-state index is 0.133. The van der Waals surface area contributed by atoms with Gasteiger partial charge in [-0.3, -0.25) is 10.00 Å². The van der Waals surface area contributed by atoms with E-state index >= 15 is 0 Å². The zero-order valence-electron chi connectivity index (χ0n) is 19.2. The molecule has 1 aliphatic carbocycles. The van der Waals surface area contributed by atoms with Crippen molar-refractivity contribution in [2.24, 2.45) is 0 Å². The summed E-state index contributed by atoms with van der Waals surface area (Å²) < 4.78 is 11.1. The van der Waals surface area contributed by atoms with Crippen LogP contribution in [0.1, 0.15) is 16.9 Å². The number of thiophene rings is 1. The fourth-order valence-electron chi connectivity index (χ4n) is 4.77. The van der Waals surface area contributed by atoms with Crippen molar-refractivity contribution >= 4 is 50.1 Å². The van der Waals surface area contributed by atoms with Gasteiger partial charge < -0.3 is 20.1 Å². The van der Waals surface area contributed by atoms with Crippen molar-refractivity contribution in [3.05, 3.63) is 41.2 Å². The van der Waals surface area contributed by atoms with Gasteiger partial charge in [0.15, 0.2) is 0 Å². The van der Waals surface area contributed by atoms with Crippen LogP contribution in [-0.4, -0.2) is 76.7 Å². The maximum absolute atomic E-state index is 12.4. The fraction of sp³-hybridized carbons (Fsp3) is 0.417. The van der Waals surface area contributed by atoms with Crippen LogP contribution in [0.4, 0.5) is 16.3 Å². The molecule has 6 rings (SSSR count). The molecule has 1 unspecified atom stereocenters. The molecule has 1 amide bonds. The number of hydrogen-bond donors (Lipinski definition) is 3. The Kier molecular flexibility index (Phi) is 6.19. The first-order valence-electron chi connectivity index (χ1n) is 11.9. The Morgan fingerprint density at radius 2 is 2.20 bits per heavy atom. The molecule has 4 heterocycles. The lowest BCUT2D eigenvalue weighted by Gasteiger charge is -2.27. The zero-order valence-corrected chi connectivity index (χ0v) is 20.1. The molecule has 3 aromatic heterocycles. The number of benzene rings is 1. The maximum Gasteiger partial charge on any atom is 0.407 e. The van der Waals surface area contributed by atoms with E-state index in [4.69, 9.17) is 9.47 Å². The molecule has 2 aliphatic rings. The molecule has 0 saturated carbocycles. The molecular formula is C24H27N7O3S. The van der Waals surface area contributed by atoms with Crippen LogP contribution in [-0.2, 0) is 22.3 Å². The van der Waals surface area contributed by atoms with Crippen molar-refractivity contribution in [2.45, 2.75) is 25.4 Å². The van der Waals surface area contributed by atoms with E-state index in [1.807, 2.05) is 24.4 Å². The Hall–Kier alpha value is -3.28. The summed E-state index contributed by atoms with van der Waals surface area (Å²) in [6.45, 7) is 4.72. The molecule has 11 heteroatoms. The molecule has 3 N–H and O–H groups in total. The number of alkyl carbamates (subject to hydrolysis) is 1. The number of fused-ring (bicyclic) bond motifs is 4. The van der Waals surface area contributed by atoms with E-state index in [-0.39, 0.29) is 12.2 Å². The summed E-state index contributed by atoms with van der Waals surface area (Å²) in [7, 11) is 0. The van der Waals surface area contributed by atoms with Crippen molar-refractivity contribution in [3.63, 3.8) is 0 Å². The minimum Gasteiger partial charge on any atom is -0.446 e. The topological polar surface area (TPSA) is 117 Å². The monoisotopic (exact) mass is 493 g/mol. The van der Waals surface area contributed by atoms with Gasteiger partial charge in [0.1, 0.15) is 23.1 Å². The number of hydrogen-bond acceptors (Lipinski definition) is 9. The lowest BCUT2D eigenvalue weighted by Crippen LogP contribution is -2.42.